The standard InChI is InChI=1S/C25H31F3N6O3.C2H6/c1-4-6-17-19-15(3)20-23(35)30-18-8-7-16(13-29-14-25(26,27)28)22(21(18)31-20)37-12-11-33(5-2)9-10-34(32-19)24(17)36;1-2/h4,6-8,15,29,32H,5,9-14H2,1-3H3,(H,30,35);1-2H3/b6-4-;. The monoisotopic (exact) mass is 550 g/mol. The normalized spacial score (nSPS) is 16.7. The van der Waals surface area contributed by atoms with Crippen molar-refractivity contribution in [3.05, 3.63) is 61.4 Å². The zero-order chi connectivity index (χ0) is 28.7. The molecule has 2 aromatic heterocycles. The zero-order valence-corrected chi connectivity index (χ0v) is 23.0. The first-order chi connectivity index (χ1) is 18.6. The van der Waals surface area contributed by atoms with Crippen molar-refractivity contribution >= 4 is 17.1 Å². The van der Waals surface area contributed by atoms with Crippen molar-refractivity contribution in [1.82, 2.24) is 30.0 Å². The summed E-state index contributed by atoms with van der Waals surface area (Å²) >= 11 is 0. The van der Waals surface area contributed by atoms with E-state index in [1.54, 1.807) is 35.9 Å². The molecule has 0 saturated heterocycles. The molecular formula is C27H37F3N6O3. The SMILES string of the molecule is C/C=C\c1c2[nH]n(c1=O)CCN(CC)CCOc1c(CNCC(F)(F)F)ccc3[nH]c(=O)c(nc13)C2C.CC. The van der Waals surface area contributed by atoms with E-state index in [1.807, 2.05) is 27.7 Å². The summed E-state index contributed by atoms with van der Waals surface area (Å²) in [7, 11) is 0. The Labute approximate surface area is 225 Å². The number of ether oxygens (including phenoxy) is 1. The summed E-state index contributed by atoms with van der Waals surface area (Å²) in [6.45, 7) is 10.9. The minimum atomic E-state index is -4.35. The Hall–Kier alpha value is -3.38. The van der Waals surface area contributed by atoms with E-state index in [0.29, 0.717) is 53.2 Å². The molecule has 39 heavy (non-hydrogen) atoms. The number of alkyl halides is 3. The van der Waals surface area contributed by atoms with Gasteiger partial charge in [0.05, 0.1) is 29.9 Å². The van der Waals surface area contributed by atoms with Crippen LogP contribution >= 0.6 is 0 Å². The number of H-pyrrole nitrogens is 2. The molecule has 0 radical (unpaired) electrons. The minimum Gasteiger partial charge on any atom is -0.490 e. The van der Waals surface area contributed by atoms with Gasteiger partial charge in [0.2, 0.25) is 0 Å². The number of rotatable bonds is 5. The number of aromatic nitrogens is 4. The Morgan fingerprint density at radius 2 is 1.95 bits per heavy atom. The highest BCUT2D eigenvalue weighted by atomic mass is 19.4. The molecule has 1 aliphatic rings. The van der Waals surface area contributed by atoms with E-state index in [0.717, 1.165) is 6.54 Å². The lowest BCUT2D eigenvalue weighted by atomic mass is 9.99. The van der Waals surface area contributed by atoms with Crippen LogP contribution in [0.4, 0.5) is 13.2 Å². The van der Waals surface area contributed by atoms with Gasteiger partial charge < -0.3 is 15.0 Å². The van der Waals surface area contributed by atoms with Crippen LogP contribution in [0.2, 0.25) is 0 Å². The van der Waals surface area contributed by atoms with E-state index in [2.05, 4.69) is 25.3 Å². The van der Waals surface area contributed by atoms with Gasteiger partial charge in [-0.25, -0.2) is 4.98 Å². The molecule has 0 aliphatic carbocycles. The Kier molecular flexibility index (Phi) is 10.1. The van der Waals surface area contributed by atoms with Crippen LogP contribution in [0.15, 0.2) is 27.8 Å². The smallest absolute Gasteiger partial charge is 0.401 e. The topological polar surface area (TPSA) is 108 Å². The molecule has 1 aromatic carbocycles. The van der Waals surface area contributed by atoms with Crippen LogP contribution in [0.25, 0.3) is 17.1 Å². The molecule has 3 heterocycles. The third-order valence-electron chi connectivity index (χ3n) is 6.51. The van der Waals surface area contributed by atoms with Gasteiger partial charge in [-0.15, -0.1) is 0 Å². The molecule has 1 atom stereocenters. The molecule has 4 bridgehead atoms. The summed E-state index contributed by atoms with van der Waals surface area (Å²) in [5.41, 5.74) is 1.85. The van der Waals surface area contributed by atoms with Crippen LogP contribution in [-0.4, -0.2) is 63.6 Å². The van der Waals surface area contributed by atoms with Gasteiger partial charge in [0.25, 0.3) is 11.1 Å². The molecule has 3 N–H and O–H groups in total. The second kappa shape index (κ2) is 13.1. The van der Waals surface area contributed by atoms with E-state index in [4.69, 9.17) is 4.74 Å². The van der Waals surface area contributed by atoms with Gasteiger partial charge >= 0.3 is 6.18 Å². The summed E-state index contributed by atoms with van der Waals surface area (Å²) in [5.74, 6) is -0.247. The molecule has 1 aliphatic heterocycles. The average molecular weight is 551 g/mol. The summed E-state index contributed by atoms with van der Waals surface area (Å²) in [4.78, 5) is 35.8. The number of likely N-dealkylation sites (N-methyl/N-ethyl adjacent to an activating group) is 1. The molecule has 0 amide bonds. The number of nitrogens with zero attached hydrogens (tertiary/aromatic N) is 3. The summed E-state index contributed by atoms with van der Waals surface area (Å²) < 4.78 is 45.9. The first-order valence-electron chi connectivity index (χ1n) is 13.3. The highest BCUT2D eigenvalue weighted by molar-refractivity contribution is 5.82. The Bertz CT molecular complexity index is 1410. The van der Waals surface area contributed by atoms with Crippen molar-refractivity contribution < 1.29 is 17.9 Å². The van der Waals surface area contributed by atoms with E-state index >= 15 is 0 Å². The van der Waals surface area contributed by atoms with Crippen molar-refractivity contribution in [3.63, 3.8) is 0 Å². The molecule has 1 unspecified atom stereocenters. The lowest BCUT2D eigenvalue weighted by molar-refractivity contribution is -0.125. The quantitative estimate of drug-likeness (QED) is 0.444. The van der Waals surface area contributed by atoms with Crippen LogP contribution in [-0.2, 0) is 13.1 Å². The van der Waals surface area contributed by atoms with E-state index < -0.39 is 24.2 Å². The highest BCUT2D eigenvalue weighted by Crippen LogP contribution is 2.30. The second-order valence-corrected chi connectivity index (χ2v) is 9.02. The van der Waals surface area contributed by atoms with Crippen LogP contribution in [0.1, 0.15) is 63.1 Å². The molecule has 3 aromatic rings. The van der Waals surface area contributed by atoms with Crippen molar-refractivity contribution in [3.8, 4) is 5.75 Å². The molecular weight excluding hydrogens is 513 g/mol. The predicted octanol–water partition coefficient (Wildman–Crippen LogP) is 3.99. The number of aromatic amines is 2. The number of benzene rings is 1. The summed E-state index contributed by atoms with van der Waals surface area (Å²) in [5, 5.41) is 5.59. The Morgan fingerprint density at radius 1 is 1.21 bits per heavy atom. The molecule has 0 spiro atoms. The Morgan fingerprint density at radius 3 is 2.62 bits per heavy atom. The highest BCUT2D eigenvalue weighted by Gasteiger charge is 2.27. The predicted molar refractivity (Wildman–Crippen MR) is 146 cm³/mol. The van der Waals surface area contributed by atoms with E-state index in [1.165, 1.54) is 0 Å². The van der Waals surface area contributed by atoms with Gasteiger partial charge in [0, 0.05) is 31.1 Å². The fourth-order valence-corrected chi connectivity index (χ4v) is 4.53. The van der Waals surface area contributed by atoms with Crippen LogP contribution in [0.3, 0.4) is 0 Å². The maximum Gasteiger partial charge on any atom is 0.401 e. The molecule has 0 saturated carbocycles. The van der Waals surface area contributed by atoms with Crippen molar-refractivity contribution in [1.29, 1.82) is 0 Å². The third kappa shape index (κ3) is 6.99. The van der Waals surface area contributed by atoms with Crippen molar-refractivity contribution in [2.24, 2.45) is 0 Å². The summed E-state index contributed by atoms with van der Waals surface area (Å²) in [6, 6.07) is 3.24. The molecule has 214 valence electrons. The molecule has 12 heteroatoms. The fourth-order valence-electron chi connectivity index (χ4n) is 4.53. The maximum atomic E-state index is 13.1. The molecule has 9 nitrogen and oxygen atoms in total. The molecule has 4 rings (SSSR count). The number of allylic oxidation sites excluding steroid dienone is 1. The van der Waals surface area contributed by atoms with Gasteiger partial charge in [-0.3, -0.25) is 24.3 Å². The summed E-state index contributed by atoms with van der Waals surface area (Å²) in [6.07, 6.45) is -0.871. The Balaban J connectivity index is 0.00000205. The van der Waals surface area contributed by atoms with Gasteiger partial charge in [0.1, 0.15) is 17.8 Å². The first kappa shape index (κ1) is 30.2. The zero-order valence-electron chi connectivity index (χ0n) is 23.0. The number of hydrogen-bond donors (Lipinski definition) is 3. The van der Waals surface area contributed by atoms with E-state index in [9.17, 15) is 22.8 Å². The number of fused-ring (bicyclic) bond motifs is 3. The van der Waals surface area contributed by atoms with Crippen molar-refractivity contribution in [2.75, 3.05) is 32.8 Å². The number of halogens is 3. The van der Waals surface area contributed by atoms with Gasteiger partial charge in [-0.1, -0.05) is 45.9 Å². The number of nitrogens with one attached hydrogen (secondary N) is 3. The maximum absolute atomic E-state index is 13.1. The lowest BCUT2D eigenvalue weighted by Gasteiger charge is -2.22. The van der Waals surface area contributed by atoms with Gasteiger partial charge in [-0.2, -0.15) is 13.2 Å². The lowest BCUT2D eigenvalue weighted by Crippen LogP contribution is -2.34. The van der Waals surface area contributed by atoms with Crippen molar-refractivity contribution in [2.45, 2.75) is 59.8 Å². The van der Waals surface area contributed by atoms with E-state index in [-0.39, 0.29) is 24.4 Å². The largest absolute Gasteiger partial charge is 0.490 e. The van der Waals surface area contributed by atoms with Gasteiger partial charge in [-0.05, 0) is 19.5 Å². The number of hydrogen-bond acceptors (Lipinski definition) is 6. The third-order valence-corrected chi connectivity index (χ3v) is 6.51. The van der Waals surface area contributed by atoms with Gasteiger partial charge in [0.15, 0.2) is 5.75 Å². The van der Waals surface area contributed by atoms with Crippen LogP contribution in [0, 0.1) is 0 Å². The first-order valence-corrected chi connectivity index (χ1v) is 13.3. The minimum absolute atomic E-state index is 0.0877. The second-order valence-electron chi connectivity index (χ2n) is 9.02. The average Bonchev–Trinajstić information content (AvgIpc) is 3.21. The molecule has 0 fully saturated rings. The fraction of sp³-hybridized carbons (Fsp3) is 0.519. The van der Waals surface area contributed by atoms with Crippen LogP contribution in [0.5, 0.6) is 5.75 Å². The van der Waals surface area contributed by atoms with Crippen LogP contribution < -0.4 is 21.2 Å².